The minimum absolute atomic E-state index is 0.0189. The number of carbonyl (C=O) groups is 5. The zero-order valence-electron chi connectivity index (χ0n) is 35.4. The van der Waals surface area contributed by atoms with Gasteiger partial charge in [0, 0.05) is 34.9 Å². The molecule has 0 spiro atoms. The smallest absolute Gasteiger partial charge is 0.409 e. The van der Waals surface area contributed by atoms with Crippen LogP contribution >= 0.6 is 0 Å². The Balaban J connectivity index is 2.28. The number of amides is 5. The van der Waals surface area contributed by atoms with Crippen molar-refractivity contribution in [2.24, 2.45) is 23.7 Å². The number of likely N-dealkylation sites (N-methyl/N-ethyl adjacent to an activating group) is 2. The molecule has 1 aromatic rings. The van der Waals surface area contributed by atoms with E-state index >= 15 is 0 Å². The number of likely N-dealkylation sites (tertiary alicyclic amines) is 1. The average Bonchev–Trinajstić information content (AvgIpc) is 3.65. The molecule has 1 saturated heterocycles. The number of rotatable bonds is 20. The first-order valence-electron chi connectivity index (χ1n) is 19.6. The molecule has 5 amide bonds. The summed E-state index contributed by atoms with van der Waals surface area (Å²) in [5, 5.41) is 16.7. The minimum atomic E-state index is -0.917. The Morgan fingerprint density at radius 2 is 1.49 bits per heavy atom. The van der Waals surface area contributed by atoms with E-state index in [9.17, 15) is 29.1 Å². The molecule has 312 valence electrons. The van der Waals surface area contributed by atoms with Gasteiger partial charge >= 0.3 is 6.09 Å². The number of methoxy groups -OCH3 is 3. The van der Waals surface area contributed by atoms with Gasteiger partial charge in [-0.3, -0.25) is 24.1 Å². The van der Waals surface area contributed by atoms with Crippen molar-refractivity contribution < 1.29 is 43.3 Å². The van der Waals surface area contributed by atoms with Gasteiger partial charge in [-0.05, 0) is 43.1 Å². The molecule has 0 bridgehead atoms. The number of benzene rings is 1. The van der Waals surface area contributed by atoms with Gasteiger partial charge in [-0.1, -0.05) is 85.2 Å². The number of ether oxygens (including phenoxy) is 3. The molecular weight excluding hydrogens is 706 g/mol. The van der Waals surface area contributed by atoms with Crippen molar-refractivity contribution in [3.63, 3.8) is 0 Å². The summed E-state index contributed by atoms with van der Waals surface area (Å²) in [4.78, 5) is 72.5. The molecule has 14 nitrogen and oxygen atoms in total. The predicted octanol–water partition coefficient (Wildman–Crippen LogP) is 4.01. The van der Waals surface area contributed by atoms with E-state index in [0.29, 0.717) is 24.9 Å². The maximum Gasteiger partial charge on any atom is 0.409 e. The quantitative estimate of drug-likeness (QED) is 0.177. The molecule has 0 saturated carbocycles. The standard InChI is InChI=1S/C41H69N5O9/c1-14-26(6)35(44(9)40(51)33(24(2)3)43-39(50)34(25(4)5)45(10)41(52)55-13)31(53-11)23-32(47)46-22-18-21-30(46)37(54-12)27(7)38(49)42-28(8)36(48)29-19-16-15-17-20-29/h15-17,19-20,24-28,30-31,33-37,48H,14,18,21-23H2,1-13H3,(H,42,49)(H,43,50)/t26-,27+,28+,30+,31+,33-,34-,35-,36+,37+/m0/s1. The first kappa shape index (κ1) is 47.4. The van der Waals surface area contributed by atoms with E-state index in [-0.39, 0.29) is 47.9 Å². The SMILES string of the molecule is CC[C@H](C)[C@@H]([C@@H](CC(=O)N1CCC[C@@H]1[C@H](OC)[C@@H](C)C(=O)N[C@H](C)[C@@H](O)c1ccccc1)OC)N(C)C(=O)[C@@H](NC(=O)[C@H](C(C)C)N(C)C(=O)OC)C(C)C. The van der Waals surface area contributed by atoms with Crippen LogP contribution in [0.4, 0.5) is 4.79 Å². The van der Waals surface area contributed by atoms with E-state index in [1.807, 2.05) is 59.7 Å². The van der Waals surface area contributed by atoms with Crippen molar-refractivity contribution in [1.29, 1.82) is 0 Å². The number of nitrogens with zero attached hydrogens (tertiary/aromatic N) is 3. The molecule has 0 unspecified atom stereocenters. The zero-order valence-corrected chi connectivity index (χ0v) is 35.4. The lowest BCUT2D eigenvalue weighted by Gasteiger charge is -2.41. The molecule has 3 N–H and O–H groups in total. The molecule has 1 fully saturated rings. The Kier molecular flexibility index (Phi) is 19.1. The highest BCUT2D eigenvalue weighted by molar-refractivity contribution is 5.91. The molecule has 14 heteroatoms. The Bertz CT molecular complexity index is 1400. The van der Waals surface area contributed by atoms with E-state index in [1.54, 1.807) is 42.8 Å². The fraction of sp³-hybridized carbons (Fsp3) is 0.732. The average molecular weight is 776 g/mol. The zero-order chi connectivity index (χ0) is 41.7. The first-order chi connectivity index (χ1) is 25.9. The summed E-state index contributed by atoms with van der Waals surface area (Å²) in [7, 11) is 7.47. The van der Waals surface area contributed by atoms with E-state index in [2.05, 4.69) is 10.6 Å². The van der Waals surface area contributed by atoms with Crippen LogP contribution in [0.15, 0.2) is 30.3 Å². The Labute approximate surface area is 329 Å². The van der Waals surface area contributed by atoms with Crippen LogP contribution in [-0.2, 0) is 33.4 Å². The molecule has 0 aliphatic carbocycles. The van der Waals surface area contributed by atoms with Crippen LogP contribution in [0, 0.1) is 23.7 Å². The van der Waals surface area contributed by atoms with Crippen molar-refractivity contribution in [2.45, 2.75) is 130 Å². The summed E-state index contributed by atoms with van der Waals surface area (Å²) in [5.41, 5.74) is 0.697. The first-order valence-corrected chi connectivity index (χ1v) is 19.6. The van der Waals surface area contributed by atoms with Crippen LogP contribution in [0.2, 0.25) is 0 Å². The summed E-state index contributed by atoms with van der Waals surface area (Å²) in [6.07, 6.45) is -0.792. The van der Waals surface area contributed by atoms with Gasteiger partial charge in [0.05, 0.1) is 55.9 Å². The largest absolute Gasteiger partial charge is 0.453 e. The Morgan fingerprint density at radius 3 is 2.00 bits per heavy atom. The van der Waals surface area contributed by atoms with E-state index in [0.717, 1.165) is 6.42 Å². The third-order valence-corrected chi connectivity index (χ3v) is 11.3. The summed E-state index contributed by atoms with van der Waals surface area (Å²) in [6.45, 7) is 15.3. The highest BCUT2D eigenvalue weighted by Crippen LogP contribution is 2.30. The summed E-state index contributed by atoms with van der Waals surface area (Å²) in [5.74, 6) is -2.54. The number of carbonyl (C=O) groups excluding carboxylic acids is 5. The van der Waals surface area contributed by atoms with Crippen LogP contribution in [0.25, 0.3) is 0 Å². The van der Waals surface area contributed by atoms with Crippen molar-refractivity contribution in [3.8, 4) is 0 Å². The third kappa shape index (κ3) is 12.1. The maximum absolute atomic E-state index is 14.3. The monoisotopic (exact) mass is 776 g/mol. The van der Waals surface area contributed by atoms with Gasteiger partial charge in [0.1, 0.15) is 12.1 Å². The molecule has 0 aromatic heterocycles. The molecule has 1 aliphatic rings. The molecule has 10 atom stereocenters. The predicted molar refractivity (Wildman–Crippen MR) is 211 cm³/mol. The van der Waals surface area contributed by atoms with Crippen molar-refractivity contribution in [1.82, 2.24) is 25.3 Å². The van der Waals surface area contributed by atoms with Gasteiger partial charge in [-0.2, -0.15) is 0 Å². The highest BCUT2D eigenvalue weighted by Gasteiger charge is 2.43. The van der Waals surface area contributed by atoms with Gasteiger partial charge in [-0.15, -0.1) is 0 Å². The fourth-order valence-corrected chi connectivity index (χ4v) is 7.83. The molecule has 2 rings (SSSR count). The van der Waals surface area contributed by atoms with Crippen LogP contribution in [0.3, 0.4) is 0 Å². The fourth-order valence-electron chi connectivity index (χ4n) is 7.83. The molecule has 55 heavy (non-hydrogen) atoms. The molecular formula is C41H69N5O9. The van der Waals surface area contributed by atoms with Gasteiger partial charge in [0.25, 0.3) is 0 Å². The lowest BCUT2D eigenvalue weighted by molar-refractivity contribution is -0.148. The number of nitrogens with one attached hydrogen (secondary N) is 2. The van der Waals surface area contributed by atoms with Gasteiger partial charge in [-0.25, -0.2) is 4.79 Å². The second-order valence-electron chi connectivity index (χ2n) is 15.7. The van der Waals surface area contributed by atoms with Crippen molar-refractivity contribution in [3.05, 3.63) is 35.9 Å². The summed E-state index contributed by atoms with van der Waals surface area (Å²) in [6, 6.07) is 5.89. The van der Waals surface area contributed by atoms with Crippen LogP contribution < -0.4 is 10.6 Å². The van der Waals surface area contributed by atoms with Crippen LogP contribution in [0.5, 0.6) is 0 Å². The number of aliphatic hydroxyl groups is 1. The molecule has 1 aliphatic heterocycles. The summed E-state index contributed by atoms with van der Waals surface area (Å²) >= 11 is 0. The number of hydrogen-bond acceptors (Lipinski definition) is 9. The van der Waals surface area contributed by atoms with Gasteiger partial charge in [0.15, 0.2) is 0 Å². The van der Waals surface area contributed by atoms with E-state index < -0.39 is 60.4 Å². The van der Waals surface area contributed by atoms with Crippen LogP contribution in [0.1, 0.15) is 92.7 Å². The van der Waals surface area contributed by atoms with Gasteiger partial charge < -0.3 is 39.8 Å². The maximum atomic E-state index is 14.3. The topological polar surface area (TPSA) is 167 Å². The summed E-state index contributed by atoms with van der Waals surface area (Å²) < 4.78 is 16.8. The number of aliphatic hydroxyl groups excluding tert-OH is 1. The van der Waals surface area contributed by atoms with Crippen LogP contribution in [-0.4, -0.2) is 134 Å². The molecule has 0 radical (unpaired) electrons. The minimum Gasteiger partial charge on any atom is -0.453 e. The Morgan fingerprint density at radius 1 is 0.873 bits per heavy atom. The van der Waals surface area contributed by atoms with E-state index in [1.165, 1.54) is 33.3 Å². The van der Waals surface area contributed by atoms with Crippen molar-refractivity contribution in [2.75, 3.05) is 42.0 Å². The second-order valence-corrected chi connectivity index (χ2v) is 15.7. The third-order valence-electron chi connectivity index (χ3n) is 11.3. The normalized spacial score (nSPS) is 19.3. The Hall–Kier alpha value is -3.75. The lowest BCUT2D eigenvalue weighted by Crippen LogP contribution is -2.60. The van der Waals surface area contributed by atoms with Gasteiger partial charge in [0.2, 0.25) is 23.6 Å². The van der Waals surface area contributed by atoms with Crippen molar-refractivity contribution >= 4 is 29.7 Å². The highest BCUT2D eigenvalue weighted by atomic mass is 16.5. The second kappa shape index (κ2) is 22.1. The van der Waals surface area contributed by atoms with E-state index in [4.69, 9.17) is 14.2 Å². The molecule has 1 heterocycles. The molecule has 1 aromatic carbocycles. The lowest BCUT2D eigenvalue weighted by atomic mass is 9.89. The number of hydrogen-bond donors (Lipinski definition) is 3.